The number of hydrogen-bond acceptors (Lipinski definition) is 3. The Morgan fingerprint density at radius 2 is 2.00 bits per heavy atom. The molecule has 0 fully saturated rings. The molecule has 3 N–H and O–H groups in total. The summed E-state index contributed by atoms with van der Waals surface area (Å²) in [6.07, 6.45) is 0. The monoisotopic (exact) mass is 116 g/mol. The SMILES string of the molecule is CC(=NO)C(C)(C)N. The van der Waals surface area contributed by atoms with Crippen molar-refractivity contribution in [1.82, 2.24) is 0 Å². The molecule has 0 rings (SSSR count). The van der Waals surface area contributed by atoms with Gasteiger partial charge < -0.3 is 10.9 Å². The maximum absolute atomic E-state index is 8.18. The number of oxime groups is 1. The van der Waals surface area contributed by atoms with Gasteiger partial charge in [0.05, 0.1) is 11.3 Å². The van der Waals surface area contributed by atoms with Crippen molar-refractivity contribution in [3.8, 4) is 0 Å². The maximum atomic E-state index is 8.18. The first-order valence-corrected chi connectivity index (χ1v) is 2.46. The van der Waals surface area contributed by atoms with Gasteiger partial charge in [0.1, 0.15) is 0 Å². The molecule has 0 aromatic rings. The Balaban J connectivity index is 4.03. The maximum Gasteiger partial charge on any atom is 0.0732 e. The lowest BCUT2D eigenvalue weighted by Crippen LogP contribution is -2.39. The van der Waals surface area contributed by atoms with Crippen molar-refractivity contribution in [1.29, 1.82) is 0 Å². The molecule has 0 heterocycles. The molecular formula is C5H12N2O. The predicted octanol–water partition coefficient (Wildman–Crippen LogP) is 0.574. The first-order valence-electron chi connectivity index (χ1n) is 2.46. The Bertz CT molecular complexity index is 101. The Labute approximate surface area is 49.2 Å². The first-order chi connectivity index (χ1) is 3.48. The van der Waals surface area contributed by atoms with E-state index in [1.54, 1.807) is 20.8 Å². The van der Waals surface area contributed by atoms with Crippen LogP contribution < -0.4 is 5.73 Å². The number of nitrogens with two attached hydrogens (primary N) is 1. The molecule has 0 aliphatic rings. The van der Waals surface area contributed by atoms with Crippen molar-refractivity contribution in [2.24, 2.45) is 10.9 Å². The summed E-state index contributed by atoms with van der Waals surface area (Å²) in [4.78, 5) is 0. The van der Waals surface area contributed by atoms with Gasteiger partial charge in [-0.3, -0.25) is 0 Å². The largest absolute Gasteiger partial charge is 0.411 e. The van der Waals surface area contributed by atoms with Crippen LogP contribution in [0.5, 0.6) is 0 Å². The highest BCUT2D eigenvalue weighted by Gasteiger charge is 2.14. The second-order valence-electron chi connectivity index (χ2n) is 2.41. The van der Waals surface area contributed by atoms with Crippen LogP contribution in [0.3, 0.4) is 0 Å². The van der Waals surface area contributed by atoms with Gasteiger partial charge >= 0.3 is 0 Å². The zero-order valence-electron chi connectivity index (χ0n) is 5.47. The lowest BCUT2D eigenvalue weighted by Gasteiger charge is -2.15. The van der Waals surface area contributed by atoms with Crippen molar-refractivity contribution in [3.63, 3.8) is 0 Å². The van der Waals surface area contributed by atoms with Gasteiger partial charge in [-0.1, -0.05) is 5.16 Å². The van der Waals surface area contributed by atoms with E-state index in [4.69, 9.17) is 10.9 Å². The summed E-state index contributed by atoms with van der Waals surface area (Å²) in [6, 6.07) is 0. The summed E-state index contributed by atoms with van der Waals surface area (Å²) >= 11 is 0. The second kappa shape index (κ2) is 2.13. The van der Waals surface area contributed by atoms with Gasteiger partial charge in [-0.05, 0) is 20.8 Å². The minimum atomic E-state index is -0.491. The second-order valence-corrected chi connectivity index (χ2v) is 2.41. The van der Waals surface area contributed by atoms with Crippen LogP contribution in [0.25, 0.3) is 0 Å². The van der Waals surface area contributed by atoms with Crippen LogP contribution >= 0.6 is 0 Å². The molecule has 3 heteroatoms. The smallest absolute Gasteiger partial charge is 0.0732 e. The van der Waals surface area contributed by atoms with E-state index in [-0.39, 0.29) is 0 Å². The summed E-state index contributed by atoms with van der Waals surface area (Å²) in [5.41, 5.74) is 5.55. The third-order valence-electron chi connectivity index (χ3n) is 1.08. The topological polar surface area (TPSA) is 58.6 Å². The van der Waals surface area contributed by atoms with E-state index in [0.717, 1.165) is 0 Å². The molecule has 3 nitrogen and oxygen atoms in total. The third-order valence-corrected chi connectivity index (χ3v) is 1.08. The molecular weight excluding hydrogens is 104 g/mol. The molecule has 0 amide bonds. The molecule has 0 unspecified atom stereocenters. The Hall–Kier alpha value is -0.570. The summed E-state index contributed by atoms with van der Waals surface area (Å²) in [5, 5.41) is 11.1. The Kier molecular flexibility index (Phi) is 1.98. The van der Waals surface area contributed by atoms with Crippen molar-refractivity contribution in [2.45, 2.75) is 26.3 Å². The van der Waals surface area contributed by atoms with Crippen LogP contribution in [0.2, 0.25) is 0 Å². The van der Waals surface area contributed by atoms with E-state index >= 15 is 0 Å². The van der Waals surface area contributed by atoms with E-state index in [1.165, 1.54) is 0 Å². The molecule has 0 saturated carbocycles. The van der Waals surface area contributed by atoms with Gasteiger partial charge in [0.2, 0.25) is 0 Å². The summed E-state index contributed by atoms with van der Waals surface area (Å²) in [6.45, 7) is 5.24. The highest BCUT2D eigenvalue weighted by molar-refractivity contribution is 5.89. The summed E-state index contributed by atoms with van der Waals surface area (Å²) < 4.78 is 0. The van der Waals surface area contributed by atoms with E-state index in [9.17, 15) is 0 Å². The standard InChI is InChI=1S/C5H12N2O/c1-4(7-8)5(2,3)6/h8H,6H2,1-3H3. The Morgan fingerprint density at radius 1 is 1.62 bits per heavy atom. The minimum Gasteiger partial charge on any atom is -0.411 e. The van der Waals surface area contributed by atoms with Gasteiger partial charge in [-0.15, -0.1) is 0 Å². The Morgan fingerprint density at radius 3 is 2.00 bits per heavy atom. The third kappa shape index (κ3) is 1.93. The molecule has 0 radical (unpaired) electrons. The van der Waals surface area contributed by atoms with Crippen LogP contribution in [-0.4, -0.2) is 16.5 Å². The summed E-state index contributed by atoms with van der Waals surface area (Å²) in [7, 11) is 0. The van der Waals surface area contributed by atoms with E-state index < -0.39 is 5.54 Å². The summed E-state index contributed by atoms with van der Waals surface area (Å²) in [5.74, 6) is 0. The van der Waals surface area contributed by atoms with Gasteiger partial charge in [-0.2, -0.15) is 0 Å². The fourth-order valence-corrected chi connectivity index (χ4v) is 0.129. The minimum absolute atomic E-state index is 0.491. The van der Waals surface area contributed by atoms with Crippen molar-refractivity contribution >= 4 is 5.71 Å². The van der Waals surface area contributed by atoms with Crippen LogP contribution in [0.4, 0.5) is 0 Å². The first kappa shape index (κ1) is 7.43. The van der Waals surface area contributed by atoms with Gasteiger partial charge in [0, 0.05) is 0 Å². The highest BCUT2D eigenvalue weighted by atomic mass is 16.4. The van der Waals surface area contributed by atoms with E-state index in [2.05, 4.69) is 5.16 Å². The van der Waals surface area contributed by atoms with Crippen LogP contribution in [0, 0.1) is 0 Å². The van der Waals surface area contributed by atoms with E-state index in [1.807, 2.05) is 0 Å². The lowest BCUT2D eigenvalue weighted by molar-refractivity contribution is 0.314. The van der Waals surface area contributed by atoms with Crippen molar-refractivity contribution in [2.75, 3.05) is 0 Å². The molecule has 0 aliphatic carbocycles. The van der Waals surface area contributed by atoms with Crippen LogP contribution in [0.1, 0.15) is 20.8 Å². The van der Waals surface area contributed by atoms with Crippen molar-refractivity contribution < 1.29 is 5.21 Å². The lowest BCUT2D eigenvalue weighted by atomic mass is 10.0. The zero-order valence-corrected chi connectivity index (χ0v) is 5.47. The van der Waals surface area contributed by atoms with E-state index in [0.29, 0.717) is 5.71 Å². The fourth-order valence-electron chi connectivity index (χ4n) is 0.129. The molecule has 0 bridgehead atoms. The van der Waals surface area contributed by atoms with Gasteiger partial charge in [0.15, 0.2) is 0 Å². The average Bonchev–Trinajstić information content (AvgIpc) is 1.62. The molecule has 8 heavy (non-hydrogen) atoms. The van der Waals surface area contributed by atoms with Gasteiger partial charge in [-0.25, -0.2) is 0 Å². The normalized spacial score (nSPS) is 14.2. The zero-order chi connectivity index (χ0) is 6.78. The molecule has 0 aliphatic heterocycles. The molecule has 0 aromatic carbocycles. The number of hydrogen-bond donors (Lipinski definition) is 2. The number of rotatable bonds is 1. The predicted molar refractivity (Wildman–Crippen MR) is 33.2 cm³/mol. The molecule has 0 aromatic heterocycles. The molecule has 48 valence electrons. The fraction of sp³-hybridized carbons (Fsp3) is 0.800. The van der Waals surface area contributed by atoms with Crippen LogP contribution in [0.15, 0.2) is 5.16 Å². The quantitative estimate of drug-likeness (QED) is 0.299. The average molecular weight is 116 g/mol. The highest BCUT2D eigenvalue weighted by Crippen LogP contribution is 1.98. The molecule has 0 saturated heterocycles. The molecule has 0 spiro atoms. The van der Waals surface area contributed by atoms with Gasteiger partial charge in [0.25, 0.3) is 0 Å². The number of nitrogens with zero attached hydrogens (tertiary/aromatic N) is 1. The molecule has 0 atom stereocenters. The van der Waals surface area contributed by atoms with Crippen molar-refractivity contribution in [3.05, 3.63) is 0 Å². The van der Waals surface area contributed by atoms with Crippen LogP contribution in [-0.2, 0) is 0 Å².